The summed E-state index contributed by atoms with van der Waals surface area (Å²) in [7, 11) is 0. The summed E-state index contributed by atoms with van der Waals surface area (Å²) in [5.41, 5.74) is 4.38. The molecule has 0 aromatic heterocycles. The monoisotopic (exact) mass is 264 g/mol. The van der Waals surface area contributed by atoms with Crippen LogP contribution < -0.4 is 5.32 Å². The van der Waals surface area contributed by atoms with Crippen molar-refractivity contribution in [1.29, 1.82) is 0 Å². The average Bonchev–Trinajstić information content (AvgIpc) is 2.48. The van der Waals surface area contributed by atoms with E-state index < -0.39 is 0 Å². The molecule has 0 saturated heterocycles. The van der Waals surface area contributed by atoms with Crippen LogP contribution in [-0.4, -0.2) is 11.9 Å². The van der Waals surface area contributed by atoms with E-state index >= 15 is 0 Å². The minimum absolute atomic E-state index is 0.0669. The zero-order valence-electron chi connectivity index (χ0n) is 12.0. The van der Waals surface area contributed by atoms with Gasteiger partial charge < -0.3 is 5.32 Å². The predicted octanol–water partition coefficient (Wildman–Crippen LogP) is 4.00. The summed E-state index contributed by atoms with van der Waals surface area (Å²) in [6.45, 7) is 7.80. The molecule has 1 unspecified atom stereocenters. The van der Waals surface area contributed by atoms with Gasteiger partial charge in [-0.25, -0.2) is 0 Å². The maximum atomic E-state index is 4.66. The van der Waals surface area contributed by atoms with Gasteiger partial charge in [0.2, 0.25) is 0 Å². The van der Waals surface area contributed by atoms with Gasteiger partial charge in [-0.15, -0.1) is 0 Å². The molecule has 0 radical (unpaired) electrons. The van der Waals surface area contributed by atoms with Crippen molar-refractivity contribution >= 4 is 5.71 Å². The lowest BCUT2D eigenvalue weighted by molar-refractivity contribution is 0.642. The molecular weight excluding hydrogens is 244 g/mol. The molecule has 0 bridgehead atoms. The van der Waals surface area contributed by atoms with Crippen molar-refractivity contribution in [2.24, 2.45) is 4.99 Å². The first kappa shape index (κ1) is 14.1. The van der Waals surface area contributed by atoms with Crippen molar-refractivity contribution in [3.8, 4) is 0 Å². The Morgan fingerprint density at radius 2 is 2.05 bits per heavy atom. The lowest BCUT2D eigenvalue weighted by Crippen LogP contribution is -2.30. The molecule has 0 spiro atoms. The summed E-state index contributed by atoms with van der Waals surface area (Å²) in [6.07, 6.45) is 10.0. The van der Waals surface area contributed by atoms with Crippen LogP contribution in [0.25, 0.3) is 0 Å². The Hall–Kier alpha value is -2.35. The third-order valence-electron chi connectivity index (χ3n) is 3.08. The van der Waals surface area contributed by atoms with Crippen LogP contribution in [0.15, 0.2) is 83.6 Å². The highest BCUT2D eigenvalue weighted by Crippen LogP contribution is 2.17. The van der Waals surface area contributed by atoms with Crippen molar-refractivity contribution in [3.63, 3.8) is 0 Å². The molecule has 1 aromatic rings. The molecule has 2 rings (SSSR count). The highest BCUT2D eigenvalue weighted by molar-refractivity contribution is 6.09. The number of hydrogen-bond donors (Lipinski definition) is 1. The van der Waals surface area contributed by atoms with E-state index in [2.05, 4.69) is 48.1 Å². The summed E-state index contributed by atoms with van der Waals surface area (Å²) in [4.78, 5) is 4.66. The van der Waals surface area contributed by atoms with Crippen LogP contribution in [-0.2, 0) is 0 Å². The van der Waals surface area contributed by atoms with Gasteiger partial charge in [0.15, 0.2) is 0 Å². The molecule has 1 N–H and O–H groups in total. The smallest absolute Gasteiger partial charge is 0.116 e. The molecular formula is C18H20N2. The van der Waals surface area contributed by atoms with Crippen LogP contribution in [0.2, 0.25) is 0 Å². The van der Waals surface area contributed by atoms with Gasteiger partial charge >= 0.3 is 0 Å². The van der Waals surface area contributed by atoms with Crippen molar-refractivity contribution in [2.75, 3.05) is 0 Å². The maximum Gasteiger partial charge on any atom is 0.116 e. The fourth-order valence-electron chi connectivity index (χ4n) is 2.13. The van der Waals surface area contributed by atoms with Crippen LogP contribution in [0, 0.1) is 0 Å². The van der Waals surface area contributed by atoms with E-state index in [0.717, 1.165) is 22.5 Å². The third kappa shape index (κ3) is 3.35. The SMILES string of the molecule is C=C/C=C\C(=C/C)C1=CC(c2ccccc2)=NC(C)N1. The molecule has 2 nitrogen and oxygen atoms in total. The van der Waals surface area contributed by atoms with Crippen molar-refractivity contribution in [3.05, 3.63) is 84.1 Å². The maximum absolute atomic E-state index is 4.66. The summed E-state index contributed by atoms with van der Waals surface area (Å²) in [5.74, 6) is 0. The number of benzene rings is 1. The van der Waals surface area contributed by atoms with E-state index in [0.29, 0.717) is 0 Å². The molecule has 20 heavy (non-hydrogen) atoms. The zero-order valence-corrected chi connectivity index (χ0v) is 12.0. The van der Waals surface area contributed by atoms with Gasteiger partial charge in [0.1, 0.15) is 6.17 Å². The van der Waals surface area contributed by atoms with Gasteiger partial charge in [0, 0.05) is 5.70 Å². The Labute approximate surface area is 120 Å². The van der Waals surface area contributed by atoms with Gasteiger partial charge in [0.25, 0.3) is 0 Å². The molecule has 0 aliphatic carbocycles. The van der Waals surface area contributed by atoms with Gasteiger partial charge in [-0.3, -0.25) is 4.99 Å². The number of hydrogen-bond acceptors (Lipinski definition) is 2. The van der Waals surface area contributed by atoms with Gasteiger partial charge in [-0.1, -0.05) is 61.2 Å². The number of rotatable bonds is 4. The van der Waals surface area contributed by atoms with Crippen molar-refractivity contribution < 1.29 is 0 Å². The van der Waals surface area contributed by atoms with E-state index in [1.807, 2.05) is 37.3 Å². The molecule has 0 saturated carbocycles. The van der Waals surface area contributed by atoms with E-state index in [-0.39, 0.29) is 6.17 Å². The Bertz CT molecular complexity index is 589. The fourth-order valence-corrected chi connectivity index (χ4v) is 2.13. The Morgan fingerprint density at radius 1 is 1.30 bits per heavy atom. The Morgan fingerprint density at radius 3 is 2.70 bits per heavy atom. The first-order chi connectivity index (χ1) is 9.74. The van der Waals surface area contributed by atoms with Gasteiger partial charge in [0.05, 0.1) is 5.71 Å². The quantitative estimate of drug-likeness (QED) is 0.817. The summed E-state index contributed by atoms with van der Waals surface area (Å²) >= 11 is 0. The van der Waals surface area contributed by atoms with Crippen molar-refractivity contribution in [1.82, 2.24) is 5.32 Å². The van der Waals surface area contributed by atoms with Crippen LogP contribution in [0.1, 0.15) is 19.4 Å². The topological polar surface area (TPSA) is 24.4 Å². The van der Waals surface area contributed by atoms with E-state index in [4.69, 9.17) is 0 Å². The van der Waals surface area contributed by atoms with Crippen molar-refractivity contribution in [2.45, 2.75) is 20.0 Å². The van der Waals surface area contributed by atoms with Crippen LogP contribution >= 0.6 is 0 Å². The molecule has 1 atom stereocenters. The van der Waals surface area contributed by atoms with E-state index in [9.17, 15) is 0 Å². The highest BCUT2D eigenvalue weighted by Gasteiger charge is 2.14. The second-order valence-electron chi connectivity index (χ2n) is 4.60. The molecule has 1 heterocycles. The Kier molecular flexibility index (Phi) is 4.72. The van der Waals surface area contributed by atoms with Crippen LogP contribution in [0.3, 0.4) is 0 Å². The molecule has 0 fully saturated rings. The molecule has 1 aliphatic rings. The number of allylic oxidation sites excluding steroid dienone is 5. The standard InChI is InChI=1S/C18H20N2/c1-4-6-10-15(5-2)17-13-18(20-14(3)19-17)16-11-8-7-9-12-16/h4-14,19H,1H2,2-3H3/b10-6-,15-5+. The van der Waals surface area contributed by atoms with Crippen LogP contribution in [0.4, 0.5) is 0 Å². The highest BCUT2D eigenvalue weighted by atomic mass is 15.1. The third-order valence-corrected chi connectivity index (χ3v) is 3.08. The lowest BCUT2D eigenvalue weighted by atomic mass is 10.0. The first-order valence-corrected chi connectivity index (χ1v) is 6.82. The van der Waals surface area contributed by atoms with E-state index in [1.165, 1.54) is 0 Å². The van der Waals surface area contributed by atoms with Gasteiger partial charge in [-0.05, 0) is 31.1 Å². The predicted molar refractivity (Wildman–Crippen MR) is 86.8 cm³/mol. The minimum atomic E-state index is 0.0669. The number of nitrogens with zero attached hydrogens (tertiary/aromatic N) is 1. The second-order valence-corrected chi connectivity index (χ2v) is 4.60. The van der Waals surface area contributed by atoms with Crippen LogP contribution in [0.5, 0.6) is 0 Å². The summed E-state index contributed by atoms with van der Waals surface area (Å²) < 4.78 is 0. The normalized spacial score (nSPS) is 19.3. The fraction of sp³-hybridized carbons (Fsp3) is 0.167. The average molecular weight is 264 g/mol. The Balaban J connectivity index is 2.36. The zero-order chi connectivity index (χ0) is 14.4. The summed E-state index contributed by atoms with van der Waals surface area (Å²) in [6, 6.07) is 10.3. The molecule has 1 aromatic carbocycles. The molecule has 1 aliphatic heterocycles. The number of aliphatic imine (C=N–C) groups is 1. The van der Waals surface area contributed by atoms with Gasteiger partial charge in [-0.2, -0.15) is 0 Å². The second kappa shape index (κ2) is 6.71. The lowest BCUT2D eigenvalue weighted by Gasteiger charge is -2.22. The molecule has 2 heteroatoms. The van der Waals surface area contributed by atoms with E-state index in [1.54, 1.807) is 6.08 Å². The first-order valence-electron chi connectivity index (χ1n) is 6.82. The molecule has 0 amide bonds. The molecule has 102 valence electrons. The largest absolute Gasteiger partial charge is 0.363 e. The minimum Gasteiger partial charge on any atom is -0.363 e. The number of nitrogens with one attached hydrogen (secondary N) is 1. The summed E-state index contributed by atoms with van der Waals surface area (Å²) in [5, 5.41) is 3.40.